The molecule has 0 aromatic rings. The predicted molar refractivity (Wildman–Crippen MR) is 138 cm³/mol. The van der Waals surface area contributed by atoms with E-state index in [0.717, 1.165) is 0 Å². The van der Waals surface area contributed by atoms with Crippen molar-refractivity contribution in [3.8, 4) is 0 Å². The Kier molecular flexibility index (Phi) is 11.1. The Morgan fingerprint density at radius 1 is 1.29 bits per heavy atom. The van der Waals surface area contributed by atoms with E-state index in [0.29, 0.717) is 25.1 Å². The Hall–Kier alpha value is -2.23. The summed E-state index contributed by atoms with van der Waals surface area (Å²) in [5.41, 5.74) is -1.21. The van der Waals surface area contributed by atoms with Crippen LogP contribution >= 0.6 is 11.8 Å². The number of aliphatic carboxylic acids is 1. The molecule has 3 amide bonds. The number of carboxylic acid groups (broad SMARTS) is 1. The second-order valence-electron chi connectivity index (χ2n) is 11.0. The summed E-state index contributed by atoms with van der Waals surface area (Å²) in [6.45, 7) is 16.8. The lowest BCUT2D eigenvalue weighted by molar-refractivity contribution is -0.151. The van der Waals surface area contributed by atoms with Crippen LogP contribution in [0.5, 0.6) is 0 Å². The van der Waals surface area contributed by atoms with Gasteiger partial charge in [-0.05, 0) is 50.7 Å². The first-order valence-corrected chi connectivity index (χ1v) is 13.1. The standard InChI is InChI=1S/C25H43N3O6S/c1-10-12-17(29)28-18(15-25(7,8)20(28)22(31)32)35-14-11-13-26-21(30)19(16(2)3)27(9)23(33)34-24(4,5)6/h10,16,18-20H,1,11-15H2,2-9H3,(H,26,30)(H,31,32)/t18-,19-,20+/m0/s1. The molecule has 0 spiro atoms. The molecule has 1 saturated heterocycles. The summed E-state index contributed by atoms with van der Waals surface area (Å²) >= 11 is 1.53. The average Bonchev–Trinajstić information content (AvgIpc) is 2.96. The minimum Gasteiger partial charge on any atom is -0.480 e. The minimum atomic E-state index is -1.00. The van der Waals surface area contributed by atoms with Gasteiger partial charge in [-0.3, -0.25) is 14.5 Å². The highest BCUT2D eigenvalue weighted by Gasteiger charge is 2.52. The van der Waals surface area contributed by atoms with E-state index in [4.69, 9.17) is 4.74 Å². The van der Waals surface area contributed by atoms with Gasteiger partial charge in [0, 0.05) is 20.0 Å². The van der Waals surface area contributed by atoms with Gasteiger partial charge in [0.25, 0.3) is 0 Å². The first kappa shape index (κ1) is 30.8. The quantitative estimate of drug-likeness (QED) is 0.319. The van der Waals surface area contributed by atoms with Crippen molar-refractivity contribution in [2.45, 2.75) is 90.8 Å². The smallest absolute Gasteiger partial charge is 0.410 e. The molecule has 0 saturated carbocycles. The number of likely N-dealkylation sites (N-methyl/N-ethyl adjacent to an activating group) is 1. The molecule has 1 aliphatic rings. The molecular formula is C25H43N3O6S. The van der Waals surface area contributed by atoms with Crippen LogP contribution in [0.4, 0.5) is 4.79 Å². The van der Waals surface area contributed by atoms with E-state index in [1.807, 2.05) is 27.7 Å². The molecule has 1 heterocycles. The van der Waals surface area contributed by atoms with E-state index in [-0.39, 0.29) is 29.5 Å². The first-order chi connectivity index (χ1) is 16.0. The number of hydrogen-bond donors (Lipinski definition) is 2. The fraction of sp³-hybridized carbons (Fsp3) is 0.760. The highest BCUT2D eigenvalue weighted by molar-refractivity contribution is 7.99. The Labute approximate surface area is 214 Å². The summed E-state index contributed by atoms with van der Waals surface area (Å²) < 4.78 is 5.39. The average molecular weight is 514 g/mol. The monoisotopic (exact) mass is 513 g/mol. The Morgan fingerprint density at radius 3 is 2.37 bits per heavy atom. The SMILES string of the molecule is C=CCC(=O)N1[C@@H](SCCCNC(=O)[C@H](C(C)C)N(C)C(=O)OC(C)(C)C)CC(C)(C)[C@H]1C(=O)O. The van der Waals surface area contributed by atoms with Crippen molar-refractivity contribution in [3.63, 3.8) is 0 Å². The van der Waals surface area contributed by atoms with Crippen LogP contribution in [0.2, 0.25) is 0 Å². The summed E-state index contributed by atoms with van der Waals surface area (Å²) in [7, 11) is 1.56. The number of amides is 3. The maximum atomic E-state index is 12.8. The molecule has 0 radical (unpaired) electrons. The van der Waals surface area contributed by atoms with Crippen molar-refractivity contribution >= 4 is 35.6 Å². The van der Waals surface area contributed by atoms with Gasteiger partial charge >= 0.3 is 12.1 Å². The zero-order valence-electron chi connectivity index (χ0n) is 22.4. The van der Waals surface area contributed by atoms with Gasteiger partial charge in [-0.25, -0.2) is 9.59 Å². The lowest BCUT2D eigenvalue weighted by Gasteiger charge is -2.32. The molecule has 9 nitrogen and oxygen atoms in total. The lowest BCUT2D eigenvalue weighted by atomic mass is 9.85. The van der Waals surface area contributed by atoms with Gasteiger partial charge in [-0.1, -0.05) is 33.8 Å². The Bertz CT molecular complexity index is 793. The lowest BCUT2D eigenvalue weighted by Crippen LogP contribution is -2.51. The summed E-state index contributed by atoms with van der Waals surface area (Å²) in [6, 6.07) is -1.56. The van der Waals surface area contributed by atoms with Crippen LogP contribution in [-0.4, -0.2) is 81.2 Å². The molecule has 0 unspecified atom stereocenters. The highest BCUT2D eigenvalue weighted by atomic mass is 32.2. The maximum absolute atomic E-state index is 12.8. The summed E-state index contributed by atoms with van der Waals surface area (Å²) in [5, 5.41) is 12.4. The number of thioether (sulfide) groups is 1. The molecule has 0 bridgehead atoms. The van der Waals surface area contributed by atoms with Crippen LogP contribution in [-0.2, 0) is 19.1 Å². The molecular weight excluding hydrogens is 470 g/mol. The first-order valence-electron chi connectivity index (χ1n) is 12.0. The number of carbonyl (C=O) groups is 4. The second kappa shape index (κ2) is 12.6. The van der Waals surface area contributed by atoms with E-state index in [1.54, 1.807) is 27.8 Å². The number of hydrogen-bond acceptors (Lipinski definition) is 6. The van der Waals surface area contributed by atoms with E-state index in [1.165, 1.54) is 27.6 Å². The number of carbonyl (C=O) groups excluding carboxylic acids is 3. The Morgan fingerprint density at radius 2 is 1.89 bits per heavy atom. The summed E-state index contributed by atoms with van der Waals surface area (Å²) in [4.78, 5) is 52.7. The molecule has 1 fully saturated rings. The van der Waals surface area contributed by atoms with Crippen molar-refractivity contribution in [1.82, 2.24) is 15.1 Å². The third-order valence-corrected chi connectivity index (χ3v) is 7.10. The third kappa shape index (κ3) is 8.74. The van der Waals surface area contributed by atoms with Crippen LogP contribution in [0.3, 0.4) is 0 Å². The van der Waals surface area contributed by atoms with Crippen LogP contribution in [0.1, 0.15) is 67.7 Å². The molecule has 0 aliphatic carbocycles. The fourth-order valence-electron chi connectivity index (χ4n) is 4.31. The number of ether oxygens (including phenoxy) is 1. The predicted octanol–water partition coefficient (Wildman–Crippen LogP) is 3.73. The molecule has 1 aliphatic heterocycles. The second-order valence-corrected chi connectivity index (χ2v) is 12.3. The molecule has 2 N–H and O–H groups in total. The van der Waals surface area contributed by atoms with E-state index in [2.05, 4.69) is 11.9 Å². The van der Waals surface area contributed by atoms with Gasteiger partial charge in [0.15, 0.2) is 0 Å². The fourth-order valence-corrected chi connectivity index (χ4v) is 5.84. The van der Waals surface area contributed by atoms with Gasteiger partial charge in [0.05, 0.1) is 5.37 Å². The summed E-state index contributed by atoms with van der Waals surface area (Å²) in [5.74, 6) is -0.973. The number of carboxylic acids is 1. The van der Waals surface area contributed by atoms with Gasteiger partial charge in [-0.15, -0.1) is 18.3 Å². The van der Waals surface area contributed by atoms with Crippen molar-refractivity contribution in [3.05, 3.63) is 12.7 Å². The van der Waals surface area contributed by atoms with Gasteiger partial charge in [0.1, 0.15) is 17.7 Å². The number of likely N-dealkylation sites (tertiary alicyclic amines) is 1. The van der Waals surface area contributed by atoms with Gasteiger partial charge in [0.2, 0.25) is 11.8 Å². The van der Waals surface area contributed by atoms with E-state index >= 15 is 0 Å². The molecule has 0 aromatic heterocycles. The highest BCUT2D eigenvalue weighted by Crippen LogP contribution is 2.44. The van der Waals surface area contributed by atoms with E-state index < -0.39 is 35.2 Å². The molecule has 1 rings (SSSR count). The van der Waals surface area contributed by atoms with Crippen LogP contribution in [0.15, 0.2) is 12.7 Å². The van der Waals surface area contributed by atoms with Crippen molar-refractivity contribution < 1.29 is 29.0 Å². The van der Waals surface area contributed by atoms with Gasteiger partial charge in [-0.2, -0.15) is 0 Å². The molecule has 0 aromatic carbocycles. The molecule has 10 heteroatoms. The topological polar surface area (TPSA) is 116 Å². The van der Waals surface area contributed by atoms with Crippen molar-refractivity contribution in [2.75, 3.05) is 19.3 Å². The van der Waals surface area contributed by atoms with Gasteiger partial charge < -0.3 is 20.1 Å². The maximum Gasteiger partial charge on any atom is 0.410 e. The largest absolute Gasteiger partial charge is 0.480 e. The van der Waals surface area contributed by atoms with Crippen LogP contribution in [0, 0.1) is 11.3 Å². The normalized spacial score (nSPS) is 20.3. The number of nitrogens with one attached hydrogen (secondary N) is 1. The molecule has 200 valence electrons. The number of nitrogens with zero attached hydrogens (tertiary/aromatic N) is 2. The van der Waals surface area contributed by atoms with Crippen LogP contribution < -0.4 is 5.32 Å². The minimum absolute atomic E-state index is 0.0920. The zero-order valence-corrected chi connectivity index (χ0v) is 23.2. The Balaban J connectivity index is 2.69. The van der Waals surface area contributed by atoms with Crippen molar-refractivity contribution in [2.24, 2.45) is 11.3 Å². The number of rotatable bonds is 11. The summed E-state index contributed by atoms with van der Waals surface area (Å²) in [6.07, 6.45) is 2.23. The van der Waals surface area contributed by atoms with Crippen molar-refractivity contribution in [1.29, 1.82) is 0 Å². The molecule has 35 heavy (non-hydrogen) atoms. The molecule has 3 atom stereocenters. The van der Waals surface area contributed by atoms with E-state index in [9.17, 15) is 24.3 Å². The third-order valence-electron chi connectivity index (χ3n) is 5.80. The van der Waals surface area contributed by atoms with Crippen LogP contribution in [0.25, 0.3) is 0 Å². The zero-order chi connectivity index (χ0) is 27.1.